The van der Waals surface area contributed by atoms with E-state index in [4.69, 9.17) is 4.74 Å². The summed E-state index contributed by atoms with van der Waals surface area (Å²) in [6.45, 7) is 13.0. The lowest BCUT2D eigenvalue weighted by atomic mass is 9.82. The van der Waals surface area contributed by atoms with Crippen molar-refractivity contribution >= 4 is 5.78 Å². The highest BCUT2D eigenvalue weighted by Crippen LogP contribution is 2.36. The van der Waals surface area contributed by atoms with Gasteiger partial charge in [0.05, 0.1) is 7.11 Å². The molecule has 0 heterocycles. The highest BCUT2D eigenvalue weighted by molar-refractivity contribution is 5.78. The molecule has 1 aromatic carbocycles. The molecule has 1 unspecified atom stereocenters. The van der Waals surface area contributed by atoms with Crippen LogP contribution in [0.25, 0.3) is 0 Å². The first-order valence-corrected chi connectivity index (χ1v) is 8.38. The average Bonchev–Trinajstić information content (AvgIpc) is 2.36. The van der Waals surface area contributed by atoms with Crippen molar-refractivity contribution in [1.29, 1.82) is 0 Å². The number of benzene rings is 1. The first kappa shape index (κ1) is 18.7. The predicted octanol–water partition coefficient (Wildman–Crippen LogP) is 5.24. The van der Waals surface area contributed by atoms with Crippen LogP contribution in [0.2, 0.25) is 0 Å². The topological polar surface area (TPSA) is 26.3 Å². The second-order valence-electron chi connectivity index (χ2n) is 7.56. The van der Waals surface area contributed by atoms with Gasteiger partial charge in [0.15, 0.2) is 0 Å². The monoisotopic (exact) mass is 304 g/mol. The van der Waals surface area contributed by atoms with Crippen molar-refractivity contribution in [3.63, 3.8) is 0 Å². The van der Waals surface area contributed by atoms with E-state index in [9.17, 15) is 4.79 Å². The number of carbonyl (C=O) groups is 1. The molecule has 1 rings (SSSR count). The van der Waals surface area contributed by atoms with E-state index in [1.807, 2.05) is 0 Å². The number of hydrogen-bond donors (Lipinski definition) is 0. The molecule has 2 nitrogen and oxygen atoms in total. The fourth-order valence-electron chi connectivity index (χ4n) is 3.02. The van der Waals surface area contributed by atoms with Gasteiger partial charge < -0.3 is 4.74 Å². The molecule has 1 aromatic rings. The fraction of sp³-hybridized carbons (Fsp3) is 0.650. The Morgan fingerprint density at radius 1 is 1.27 bits per heavy atom. The van der Waals surface area contributed by atoms with E-state index < -0.39 is 0 Å². The Kier molecular flexibility index (Phi) is 6.65. The third kappa shape index (κ3) is 5.15. The summed E-state index contributed by atoms with van der Waals surface area (Å²) in [6.07, 6.45) is 3.19. The summed E-state index contributed by atoms with van der Waals surface area (Å²) < 4.78 is 5.73. The van der Waals surface area contributed by atoms with E-state index in [1.165, 1.54) is 16.7 Å². The van der Waals surface area contributed by atoms with Gasteiger partial charge >= 0.3 is 0 Å². The first-order chi connectivity index (χ1) is 10.2. The molecule has 0 aromatic heterocycles. The van der Waals surface area contributed by atoms with Crippen LogP contribution in [0.3, 0.4) is 0 Å². The van der Waals surface area contributed by atoms with Crippen LogP contribution in [0.15, 0.2) is 12.1 Å². The lowest BCUT2D eigenvalue weighted by Gasteiger charge is -2.25. The third-order valence-corrected chi connectivity index (χ3v) is 4.00. The zero-order chi connectivity index (χ0) is 16.9. The van der Waals surface area contributed by atoms with Crippen molar-refractivity contribution in [2.24, 2.45) is 5.92 Å². The van der Waals surface area contributed by atoms with Gasteiger partial charge in [-0.05, 0) is 36.7 Å². The molecule has 0 N–H and O–H groups in total. The zero-order valence-corrected chi connectivity index (χ0v) is 15.4. The fourth-order valence-corrected chi connectivity index (χ4v) is 3.02. The maximum absolute atomic E-state index is 11.9. The Balaban J connectivity index is 3.04. The van der Waals surface area contributed by atoms with E-state index in [0.29, 0.717) is 24.5 Å². The molecule has 0 aliphatic carbocycles. The molecule has 124 valence electrons. The van der Waals surface area contributed by atoms with Crippen molar-refractivity contribution < 1.29 is 9.53 Å². The van der Waals surface area contributed by atoms with Crippen LogP contribution >= 0.6 is 0 Å². The van der Waals surface area contributed by atoms with Crippen LogP contribution in [0.4, 0.5) is 0 Å². The summed E-state index contributed by atoms with van der Waals surface area (Å²) in [5.74, 6) is 1.72. The van der Waals surface area contributed by atoms with E-state index >= 15 is 0 Å². The Morgan fingerprint density at radius 2 is 1.91 bits per heavy atom. The van der Waals surface area contributed by atoms with Crippen molar-refractivity contribution in [2.75, 3.05) is 7.11 Å². The smallest absolute Gasteiger partial charge is 0.133 e. The summed E-state index contributed by atoms with van der Waals surface area (Å²) in [4.78, 5) is 11.9. The Hall–Kier alpha value is -1.31. The highest BCUT2D eigenvalue weighted by Gasteiger charge is 2.22. The van der Waals surface area contributed by atoms with Crippen LogP contribution < -0.4 is 4.74 Å². The molecule has 0 saturated heterocycles. The molecule has 0 aliphatic rings. The number of Topliss-reactive ketones (excluding diaryl/α,β-unsaturated/α-hetero) is 1. The van der Waals surface area contributed by atoms with Crippen LogP contribution in [0, 0.1) is 12.8 Å². The summed E-state index contributed by atoms with van der Waals surface area (Å²) in [5.41, 5.74) is 3.78. The van der Waals surface area contributed by atoms with Crippen molar-refractivity contribution in [1.82, 2.24) is 0 Å². The second-order valence-corrected chi connectivity index (χ2v) is 7.56. The molecule has 22 heavy (non-hydrogen) atoms. The lowest BCUT2D eigenvalue weighted by molar-refractivity contribution is -0.119. The summed E-state index contributed by atoms with van der Waals surface area (Å²) >= 11 is 0. The van der Waals surface area contributed by atoms with Crippen LogP contribution in [-0.4, -0.2) is 12.9 Å². The lowest BCUT2D eigenvalue weighted by Crippen LogP contribution is -2.16. The van der Waals surface area contributed by atoms with Gasteiger partial charge in [-0.15, -0.1) is 0 Å². The van der Waals surface area contributed by atoms with Crippen molar-refractivity contribution in [3.8, 4) is 5.75 Å². The molecule has 1 atom stereocenters. The van der Waals surface area contributed by atoms with Gasteiger partial charge in [-0.25, -0.2) is 0 Å². The third-order valence-electron chi connectivity index (χ3n) is 4.00. The van der Waals surface area contributed by atoms with Gasteiger partial charge in [0, 0.05) is 18.4 Å². The van der Waals surface area contributed by atoms with Crippen LogP contribution in [0.1, 0.15) is 70.6 Å². The highest BCUT2D eigenvalue weighted by atomic mass is 16.5. The van der Waals surface area contributed by atoms with Gasteiger partial charge in [-0.2, -0.15) is 0 Å². The largest absolute Gasteiger partial charge is 0.496 e. The van der Waals surface area contributed by atoms with Gasteiger partial charge in [-0.3, -0.25) is 4.79 Å². The number of ether oxygens (including phenoxy) is 1. The molecule has 0 bridgehead atoms. The number of rotatable bonds is 7. The minimum Gasteiger partial charge on any atom is -0.496 e. The van der Waals surface area contributed by atoms with E-state index in [1.54, 1.807) is 7.11 Å². The SMILES string of the molecule is CCCC(=O)CC(C)Cc1cc(C)cc(C(C)(C)C)c1OC. The van der Waals surface area contributed by atoms with Gasteiger partial charge in [0.2, 0.25) is 0 Å². The minimum absolute atomic E-state index is 0.0490. The normalized spacial score (nSPS) is 13.0. The van der Waals surface area contributed by atoms with Crippen LogP contribution in [0.5, 0.6) is 5.75 Å². The van der Waals surface area contributed by atoms with Crippen LogP contribution in [-0.2, 0) is 16.6 Å². The zero-order valence-electron chi connectivity index (χ0n) is 15.4. The standard InChI is InChI=1S/C20H32O2/c1-8-9-17(21)12-14(2)10-16-11-15(3)13-18(19(16)22-7)20(4,5)6/h11,13-14H,8-10,12H2,1-7H3. The molecule has 0 amide bonds. The predicted molar refractivity (Wildman–Crippen MR) is 93.8 cm³/mol. The van der Waals surface area contributed by atoms with Crippen molar-refractivity contribution in [2.45, 2.75) is 72.6 Å². The molecular formula is C20H32O2. The minimum atomic E-state index is 0.0490. The number of aryl methyl sites for hydroxylation is 1. The average molecular weight is 304 g/mol. The second kappa shape index (κ2) is 7.80. The molecule has 0 radical (unpaired) electrons. The van der Waals surface area contributed by atoms with Gasteiger partial charge in [-0.1, -0.05) is 52.3 Å². The molecule has 0 aliphatic heterocycles. The van der Waals surface area contributed by atoms with Crippen molar-refractivity contribution in [3.05, 3.63) is 28.8 Å². The Morgan fingerprint density at radius 3 is 2.41 bits per heavy atom. The maximum Gasteiger partial charge on any atom is 0.133 e. The summed E-state index contributed by atoms with van der Waals surface area (Å²) in [7, 11) is 1.75. The molecule has 2 heteroatoms. The summed E-state index contributed by atoms with van der Waals surface area (Å²) in [5, 5.41) is 0. The summed E-state index contributed by atoms with van der Waals surface area (Å²) in [6, 6.07) is 4.42. The Bertz CT molecular complexity index is 509. The van der Waals surface area contributed by atoms with E-state index in [0.717, 1.165) is 18.6 Å². The Labute approximate surface area is 136 Å². The van der Waals surface area contributed by atoms with E-state index in [2.05, 4.69) is 53.7 Å². The number of hydrogen-bond acceptors (Lipinski definition) is 2. The number of carbonyl (C=O) groups excluding carboxylic acids is 1. The number of methoxy groups -OCH3 is 1. The first-order valence-electron chi connectivity index (χ1n) is 8.38. The maximum atomic E-state index is 11.9. The van der Waals surface area contributed by atoms with E-state index in [-0.39, 0.29) is 5.41 Å². The number of ketones is 1. The molecule has 0 fully saturated rings. The quantitative estimate of drug-likeness (QED) is 0.688. The molecular weight excluding hydrogens is 272 g/mol. The van der Waals surface area contributed by atoms with Gasteiger partial charge in [0.1, 0.15) is 11.5 Å². The van der Waals surface area contributed by atoms with Gasteiger partial charge in [0.25, 0.3) is 0 Å². The molecule has 0 spiro atoms. The molecule has 0 saturated carbocycles.